The van der Waals surface area contributed by atoms with Crippen molar-refractivity contribution in [3.8, 4) is 0 Å². The Bertz CT molecular complexity index is 878. The molecule has 0 aliphatic carbocycles. The molecule has 0 spiro atoms. The lowest BCUT2D eigenvalue weighted by Crippen LogP contribution is -2.41. The zero-order chi connectivity index (χ0) is 19.6. The van der Waals surface area contributed by atoms with Crippen LogP contribution in [-0.2, 0) is 4.79 Å². The smallest absolute Gasteiger partial charge is 0.256 e. The van der Waals surface area contributed by atoms with E-state index in [1.807, 2.05) is 0 Å². The van der Waals surface area contributed by atoms with Crippen LogP contribution in [0.2, 0.25) is 0 Å². The lowest BCUT2D eigenvalue weighted by Gasteiger charge is -2.31. The fraction of sp³-hybridized carbons (Fsp3) is 0.300. The standard InChI is InChI=1S/C20H19F3N2O2/c1-12-10-14(21)3-5-18(12)24-19(26)13-6-8-25(9-7-13)20(27)16-4-2-15(22)11-17(16)23/h2-5,10-11,13H,6-9H2,1H3,(H,24,26). The summed E-state index contributed by atoms with van der Waals surface area (Å²) in [7, 11) is 0. The normalized spacial score (nSPS) is 14.9. The topological polar surface area (TPSA) is 49.4 Å². The molecular weight excluding hydrogens is 357 g/mol. The molecule has 7 heteroatoms. The van der Waals surface area contributed by atoms with E-state index in [1.54, 1.807) is 6.92 Å². The zero-order valence-corrected chi connectivity index (χ0v) is 14.8. The van der Waals surface area contributed by atoms with E-state index in [0.29, 0.717) is 43.2 Å². The lowest BCUT2D eigenvalue weighted by atomic mass is 9.95. The van der Waals surface area contributed by atoms with Gasteiger partial charge in [-0.1, -0.05) is 0 Å². The number of anilines is 1. The second kappa shape index (κ2) is 7.82. The Balaban J connectivity index is 1.59. The van der Waals surface area contributed by atoms with Crippen molar-refractivity contribution in [2.24, 2.45) is 5.92 Å². The number of piperidine rings is 1. The molecule has 1 fully saturated rings. The van der Waals surface area contributed by atoms with E-state index < -0.39 is 17.5 Å². The summed E-state index contributed by atoms with van der Waals surface area (Å²) in [5.41, 5.74) is 0.997. The molecule has 1 heterocycles. The van der Waals surface area contributed by atoms with E-state index in [-0.39, 0.29) is 23.2 Å². The number of benzene rings is 2. The van der Waals surface area contributed by atoms with Crippen LogP contribution < -0.4 is 5.32 Å². The third kappa shape index (κ3) is 4.30. The molecule has 1 aliphatic rings. The number of aryl methyl sites for hydroxylation is 1. The molecule has 0 aromatic heterocycles. The molecule has 27 heavy (non-hydrogen) atoms. The highest BCUT2D eigenvalue weighted by Crippen LogP contribution is 2.23. The number of nitrogens with zero attached hydrogens (tertiary/aromatic N) is 1. The second-order valence-corrected chi connectivity index (χ2v) is 6.64. The summed E-state index contributed by atoms with van der Waals surface area (Å²) < 4.78 is 39.9. The average Bonchev–Trinajstić information content (AvgIpc) is 2.63. The van der Waals surface area contributed by atoms with Gasteiger partial charge in [-0.2, -0.15) is 0 Å². The summed E-state index contributed by atoms with van der Waals surface area (Å²) in [6.07, 6.45) is 0.862. The first-order valence-electron chi connectivity index (χ1n) is 8.66. The summed E-state index contributed by atoms with van der Waals surface area (Å²) >= 11 is 0. The summed E-state index contributed by atoms with van der Waals surface area (Å²) in [5, 5.41) is 2.79. The molecule has 0 saturated carbocycles. The zero-order valence-electron chi connectivity index (χ0n) is 14.8. The largest absolute Gasteiger partial charge is 0.339 e. The van der Waals surface area contributed by atoms with Crippen molar-refractivity contribution >= 4 is 17.5 Å². The fourth-order valence-electron chi connectivity index (χ4n) is 3.18. The molecule has 3 rings (SSSR count). The Morgan fingerprint density at radius 3 is 2.26 bits per heavy atom. The minimum absolute atomic E-state index is 0.179. The Morgan fingerprint density at radius 2 is 1.63 bits per heavy atom. The third-order valence-corrected chi connectivity index (χ3v) is 4.76. The highest BCUT2D eigenvalue weighted by molar-refractivity contribution is 5.95. The fourth-order valence-corrected chi connectivity index (χ4v) is 3.18. The van der Waals surface area contributed by atoms with E-state index in [4.69, 9.17) is 0 Å². The molecule has 2 aromatic carbocycles. The number of rotatable bonds is 3. The monoisotopic (exact) mass is 376 g/mol. The van der Waals surface area contributed by atoms with Crippen molar-refractivity contribution < 1.29 is 22.8 Å². The maximum atomic E-state index is 13.8. The van der Waals surface area contributed by atoms with Gasteiger partial charge in [-0.25, -0.2) is 13.2 Å². The van der Waals surface area contributed by atoms with Crippen molar-refractivity contribution in [1.82, 2.24) is 4.90 Å². The maximum absolute atomic E-state index is 13.8. The van der Waals surface area contributed by atoms with Gasteiger partial charge in [-0.3, -0.25) is 9.59 Å². The van der Waals surface area contributed by atoms with Crippen molar-refractivity contribution in [2.75, 3.05) is 18.4 Å². The molecule has 142 valence electrons. The summed E-state index contributed by atoms with van der Waals surface area (Å²) in [5.74, 6) is -3.01. The highest BCUT2D eigenvalue weighted by Gasteiger charge is 2.29. The van der Waals surface area contributed by atoms with Crippen LogP contribution in [0.15, 0.2) is 36.4 Å². The lowest BCUT2D eigenvalue weighted by molar-refractivity contribution is -0.121. The molecule has 1 saturated heterocycles. The molecule has 2 aromatic rings. The van der Waals surface area contributed by atoms with Crippen LogP contribution in [0.4, 0.5) is 18.9 Å². The number of likely N-dealkylation sites (tertiary alicyclic amines) is 1. The molecule has 1 aliphatic heterocycles. The second-order valence-electron chi connectivity index (χ2n) is 6.64. The number of amides is 2. The predicted molar refractivity (Wildman–Crippen MR) is 94.8 cm³/mol. The van der Waals surface area contributed by atoms with Gasteiger partial charge < -0.3 is 10.2 Å². The highest BCUT2D eigenvalue weighted by atomic mass is 19.1. The van der Waals surface area contributed by atoms with E-state index in [9.17, 15) is 22.8 Å². The van der Waals surface area contributed by atoms with Gasteiger partial charge in [0.25, 0.3) is 5.91 Å². The van der Waals surface area contributed by atoms with Crippen LogP contribution in [0, 0.1) is 30.3 Å². The van der Waals surface area contributed by atoms with Crippen molar-refractivity contribution in [3.63, 3.8) is 0 Å². The Hall–Kier alpha value is -2.83. The molecule has 0 bridgehead atoms. The number of hydrogen-bond acceptors (Lipinski definition) is 2. The van der Waals surface area contributed by atoms with Crippen LogP contribution in [0.5, 0.6) is 0 Å². The van der Waals surface area contributed by atoms with E-state index in [2.05, 4.69) is 5.32 Å². The van der Waals surface area contributed by atoms with Crippen LogP contribution in [-0.4, -0.2) is 29.8 Å². The molecule has 1 N–H and O–H groups in total. The van der Waals surface area contributed by atoms with Gasteiger partial charge in [0.15, 0.2) is 0 Å². The Kier molecular flexibility index (Phi) is 5.48. The number of hydrogen-bond donors (Lipinski definition) is 1. The van der Waals surface area contributed by atoms with Gasteiger partial charge in [-0.05, 0) is 55.7 Å². The minimum atomic E-state index is -0.897. The quantitative estimate of drug-likeness (QED) is 0.883. The van der Waals surface area contributed by atoms with Crippen LogP contribution in [0.1, 0.15) is 28.8 Å². The van der Waals surface area contributed by atoms with Gasteiger partial charge >= 0.3 is 0 Å². The summed E-state index contributed by atoms with van der Waals surface area (Å²) in [4.78, 5) is 26.3. The number of carbonyl (C=O) groups is 2. The molecular formula is C20H19F3N2O2. The van der Waals surface area contributed by atoms with Gasteiger partial charge in [0.2, 0.25) is 5.91 Å². The first-order valence-corrected chi connectivity index (χ1v) is 8.66. The molecule has 0 radical (unpaired) electrons. The summed E-state index contributed by atoms with van der Waals surface area (Å²) in [6, 6.07) is 6.98. The van der Waals surface area contributed by atoms with Gasteiger partial charge in [0.1, 0.15) is 17.5 Å². The molecule has 2 amide bonds. The van der Waals surface area contributed by atoms with E-state index in [1.165, 1.54) is 23.1 Å². The predicted octanol–water partition coefficient (Wildman–Crippen LogP) is 3.90. The summed E-state index contributed by atoms with van der Waals surface area (Å²) in [6.45, 7) is 2.31. The SMILES string of the molecule is Cc1cc(F)ccc1NC(=O)C1CCN(C(=O)c2ccc(F)cc2F)CC1. The number of carbonyl (C=O) groups excluding carboxylic acids is 2. The van der Waals surface area contributed by atoms with Crippen LogP contribution in [0.3, 0.4) is 0 Å². The third-order valence-electron chi connectivity index (χ3n) is 4.76. The first kappa shape index (κ1) is 18.9. The average molecular weight is 376 g/mol. The van der Waals surface area contributed by atoms with Gasteiger partial charge in [0, 0.05) is 30.8 Å². The van der Waals surface area contributed by atoms with Crippen molar-refractivity contribution in [3.05, 3.63) is 65.0 Å². The number of nitrogens with one attached hydrogen (secondary N) is 1. The molecule has 0 atom stereocenters. The molecule has 4 nitrogen and oxygen atoms in total. The maximum Gasteiger partial charge on any atom is 0.256 e. The van der Waals surface area contributed by atoms with E-state index in [0.717, 1.165) is 12.1 Å². The van der Waals surface area contributed by atoms with Crippen molar-refractivity contribution in [2.45, 2.75) is 19.8 Å². The van der Waals surface area contributed by atoms with Crippen molar-refractivity contribution in [1.29, 1.82) is 0 Å². The van der Waals surface area contributed by atoms with Gasteiger partial charge in [0.05, 0.1) is 5.56 Å². The minimum Gasteiger partial charge on any atom is -0.339 e. The van der Waals surface area contributed by atoms with Crippen LogP contribution in [0.25, 0.3) is 0 Å². The van der Waals surface area contributed by atoms with Gasteiger partial charge in [-0.15, -0.1) is 0 Å². The first-order chi connectivity index (χ1) is 12.8. The Labute approximate surface area is 155 Å². The van der Waals surface area contributed by atoms with E-state index >= 15 is 0 Å². The van der Waals surface area contributed by atoms with Crippen LogP contribution >= 0.6 is 0 Å². The Morgan fingerprint density at radius 1 is 1.00 bits per heavy atom. The molecule has 0 unspecified atom stereocenters. The number of halogens is 3.